The van der Waals surface area contributed by atoms with Crippen LogP contribution >= 0.6 is 0 Å². The van der Waals surface area contributed by atoms with Gasteiger partial charge in [0.25, 0.3) is 0 Å². The molecule has 3 aromatic rings. The van der Waals surface area contributed by atoms with Crippen molar-refractivity contribution in [1.29, 1.82) is 0 Å². The van der Waals surface area contributed by atoms with Crippen molar-refractivity contribution in [1.82, 2.24) is 5.32 Å². The molecule has 1 amide bonds. The van der Waals surface area contributed by atoms with Gasteiger partial charge in [0, 0.05) is 12.0 Å². The smallest absolute Gasteiger partial charge is 0.485 e. The van der Waals surface area contributed by atoms with Crippen molar-refractivity contribution in [2.24, 2.45) is 0 Å². The lowest BCUT2D eigenvalue weighted by Gasteiger charge is -2.34. The Labute approximate surface area is 211 Å². The van der Waals surface area contributed by atoms with Crippen LogP contribution in [-0.4, -0.2) is 23.3 Å². The summed E-state index contributed by atoms with van der Waals surface area (Å²) in [4.78, 5) is 25.1. The van der Waals surface area contributed by atoms with Gasteiger partial charge in [0.15, 0.2) is 11.5 Å². The molecule has 3 aliphatic rings. The van der Waals surface area contributed by atoms with Gasteiger partial charge in [-0.05, 0) is 66.8 Å². The lowest BCUT2D eigenvalue weighted by Crippen LogP contribution is -2.39. The molecule has 0 unspecified atom stereocenters. The molecule has 0 spiro atoms. The second kappa shape index (κ2) is 8.19. The van der Waals surface area contributed by atoms with Crippen LogP contribution in [0.3, 0.4) is 0 Å². The molecule has 0 aromatic heterocycles. The number of carbonyl (C=O) groups excluding carboxylic acids is 1. The molecule has 0 bridgehead atoms. The highest BCUT2D eigenvalue weighted by Gasteiger charge is 2.53. The van der Waals surface area contributed by atoms with Gasteiger partial charge in [-0.15, -0.1) is 8.78 Å². The van der Waals surface area contributed by atoms with Gasteiger partial charge in [-0.25, -0.2) is 4.79 Å². The first-order valence-electron chi connectivity index (χ1n) is 12.0. The maximum atomic E-state index is 13.6. The predicted molar refractivity (Wildman–Crippen MR) is 127 cm³/mol. The summed E-state index contributed by atoms with van der Waals surface area (Å²) in [5, 5.41) is 12.6. The average Bonchev–Trinajstić information content (AvgIpc) is 3.60. The highest BCUT2D eigenvalue weighted by Crippen LogP contribution is 2.52. The summed E-state index contributed by atoms with van der Waals surface area (Å²) in [6.07, 6.45) is -2.65. The van der Waals surface area contributed by atoms with Gasteiger partial charge in [0.2, 0.25) is 5.91 Å². The number of aryl methyl sites for hydroxylation is 1. The summed E-state index contributed by atoms with van der Waals surface area (Å²) in [5.74, 6) is -0.778. The summed E-state index contributed by atoms with van der Waals surface area (Å²) in [6.45, 7) is 1.94. The van der Waals surface area contributed by atoms with Crippen molar-refractivity contribution in [3.05, 3.63) is 88.5 Å². The summed E-state index contributed by atoms with van der Waals surface area (Å²) < 4.78 is 42.3. The molecule has 2 atom stereocenters. The minimum Gasteiger partial charge on any atom is -0.485 e. The minimum atomic E-state index is -3.73. The number of ether oxygens (including phenoxy) is 3. The molecule has 7 nitrogen and oxygen atoms in total. The van der Waals surface area contributed by atoms with Crippen LogP contribution in [0.1, 0.15) is 64.0 Å². The van der Waals surface area contributed by atoms with Gasteiger partial charge in [0.1, 0.15) is 11.9 Å². The Morgan fingerprint density at radius 1 is 0.973 bits per heavy atom. The van der Waals surface area contributed by atoms with E-state index in [1.165, 1.54) is 18.2 Å². The number of carboxylic acids is 1. The summed E-state index contributed by atoms with van der Waals surface area (Å²) in [6, 6.07) is 16.4. The van der Waals surface area contributed by atoms with E-state index in [0.29, 0.717) is 36.1 Å². The van der Waals surface area contributed by atoms with Crippen LogP contribution in [0.4, 0.5) is 8.78 Å². The minimum absolute atomic E-state index is 0.0647. The van der Waals surface area contributed by atoms with Crippen LogP contribution in [0.5, 0.6) is 17.2 Å². The number of hydrogen-bond acceptors (Lipinski definition) is 5. The monoisotopic (exact) mass is 507 g/mol. The number of amides is 1. The van der Waals surface area contributed by atoms with Crippen molar-refractivity contribution in [3.63, 3.8) is 0 Å². The van der Waals surface area contributed by atoms with E-state index in [9.17, 15) is 23.5 Å². The highest BCUT2D eigenvalue weighted by atomic mass is 19.3. The number of hydrogen-bond donors (Lipinski definition) is 2. The predicted octanol–water partition coefficient (Wildman–Crippen LogP) is 5.43. The Morgan fingerprint density at radius 3 is 2.51 bits per heavy atom. The number of aromatic carboxylic acids is 1. The molecule has 2 N–H and O–H groups in total. The first-order chi connectivity index (χ1) is 17.6. The van der Waals surface area contributed by atoms with Crippen LogP contribution in [0.15, 0.2) is 60.7 Å². The van der Waals surface area contributed by atoms with Gasteiger partial charge >= 0.3 is 12.3 Å². The number of fused-ring (bicyclic) bond motifs is 2. The average molecular weight is 507 g/mol. The van der Waals surface area contributed by atoms with Crippen molar-refractivity contribution in [2.75, 3.05) is 0 Å². The first kappa shape index (κ1) is 23.3. The molecule has 0 saturated heterocycles. The zero-order valence-electron chi connectivity index (χ0n) is 19.8. The summed E-state index contributed by atoms with van der Waals surface area (Å²) >= 11 is 0. The molecule has 0 radical (unpaired) electrons. The summed E-state index contributed by atoms with van der Waals surface area (Å²) in [5.41, 5.74) is 2.40. The Kier molecular flexibility index (Phi) is 5.15. The largest absolute Gasteiger partial charge is 0.586 e. The number of carbonyl (C=O) groups is 2. The number of benzene rings is 3. The Morgan fingerprint density at radius 2 is 1.76 bits per heavy atom. The second-order valence-corrected chi connectivity index (χ2v) is 9.75. The van der Waals surface area contributed by atoms with Crippen molar-refractivity contribution >= 4 is 11.9 Å². The van der Waals surface area contributed by atoms with Gasteiger partial charge in [-0.3, -0.25) is 4.79 Å². The number of carboxylic acid groups (broad SMARTS) is 1. The lowest BCUT2D eigenvalue weighted by molar-refractivity contribution is -0.286. The van der Waals surface area contributed by atoms with E-state index in [1.54, 1.807) is 18.2 Å². The van der Waals surface area contributed by atoms with Gasteiger partial charge in [0.05, 0.1) is 17.0 Å². The second-order valence-electron chi connectivity index (χ2n) is 9.75. The number of nitrogens with one attached hydrogen (secondary N) is 1. The van der Waals surface area contributed by atoms with Crippen molar-refractivity contribution in [3.8, 4) is 17.2 Å². The third kappa shape index (κ3) is 4.14. The normalized spacial score (nSPS) is 21.9. The molecule has 2 heterocycles. The molecule has 1 fully saturated rings. The first-order valence-corrected chi connectivity index (χ1v) is 12.0. The fourth-order valence-electron chi connectivity index (χ4n) is 5.10. The lowest BCUT2D eigenvalue weighted by atomic mass is 9.89. The highest BCUT2D eigenvalue weighted by molar-refractivity contribution is 5.92. The fraction of sp³-hybridized carbons (Fsp3) is 0.286. The van der Waals surface area contributed by atoms with Crippen LogP contribution in [0, 0.1) is 6.92 Å². The van der Waals surface area contributed by atoms with Gasteiger partial charge in [-0.2, -0.15) is 0 Å². The third-order valence-electron chi connectivity index (χ3n) is 7.21. The SMILES string of the molecule is Cc1ccc2c(c1)O[C@@H](c1cccc(C(=O)O)c1)C[C@@H]2NC(=O)C1(c2ccc3c(c2)OC(F)(F)O3)CC1. The molecule has 1 aliphatic carbocycles. The third-order valence-corrected chi connectivity index (χ3v) is 7.21. The molecule has 190 valence electrons. The zero-order chi connectivity index (χ0) is 25.9. The Hall–Kier alpha value is -4.14. The van der Waals surface area contributed by atoms with Gasteiger partial charge < -0.3 is 24.6 Å². The fourth-order valence-corrected chi connectivity index (χ4v) is 5.10. The molecule has 1 saturated carbocycles. The molecular weight excluding hydrogens is 484 g/mol. The van der Waals surface area contributed by atoms with E-state index in [4.69, 9.17) is 4.74 Å². The topological polar surface area (TPSA) is 94.1 Å². The molecule has 2 aliphatic heterocycles. The molecular formula is C28H23F2NO6. The Balaban J connectivity index is 1.29. The maximum absolute atomic E-state index is 13.6. The van der Waals surface area contributed by atoms with Crippen LogP contribution < -0.4 is 19.5 Å². The van der Waals surface area contributed by atoms with E-state index in [-0.39, 0.29) is 23.0 Å². The molecule has 9 heteroatoms. The summed E-state index contributed by atoms with van der Waals surface area (Å²) in [7, 11) is 0. The van der Waals surface area contributed by atoms with Gasteiger partial charge in [-0.1, -0.05) is 30.3 Å². The van der Waals surface area contributed by atoms with Crippen LogP contribution in [0.2, 0.25) is 0 Å². The quantitative estimate of drug-likeness (QED) is 0.479. The van der Waals surface area contributed by atoms with E-state index < -0.39 is 29.8 Å². The maximum Gasteiger partial charge on any atom is 0.586 e. The molecule has 37 heavy (non-hydrogen) atoms. The number of alkyl halides is 2. The molecule has 6 rings (SSSR count). The van der Waals surface area contributed by atoms with E-state index in [0.717, 1.165) is 11.1 Å². The van der Waals surface area contributed by atoms with E-state index >= 15 is 0 Å². The van der Waals surface area contributed by atoms with Crippen LogP contribution in [-0.2, 0) is 10.2 Å². The number of halogens is 2. The molecule has 3 aromatic carbocycles. The number of rotatable bonds is 5. The van der Waals surface area contributed by atoms with Crippen molar-refractivity contribution < 1.29 is 37.7 Å². The standard InChI is InChI=1S/C28H23F2NO6/c1-15-5-7-19-20(14-22(35-23(19)11-15)16-3-2-4-17(12-16)25(32)33)31-26(34)27(9-10-27)18-6-8-21-24(13-18)37-28(29,30)36-21/h2-8,11-13,20,22H,9-10,14H2,1H3,(H,31,34)(H,32,33)/t20-,22+/m0/s1. The van der Waals surface area contributed by atoms with E-state index in [1.807, 2.05) is 31.2 Å². The van der Waals surface area contributed by atoms with E-state index in [2.05, 4.69) is 14.8 Å². The zero-order valence-corrected chi connectivity index (χ0v) is 19.8. The Bertz CT molecular complexity index is 1430. The van der Waals surface area contributed by atoms with Crippen molar-refractivity contribution in [2.45, 2.75) is 50.0 Å². The van der Waals surface area contributed by atoms with Crippen LogP contribution in [0.25, 0.3) is 0 Å².